The molecule has 30 heavy (non-hydrogen) atoms. The lowest BCUT2D eigenvalue weighted by molar-refractivity contribution is -0.196. The van der Waals surface area contributed by atoms with E-state index in [9.17, 15) is 23.9 Å². The maximum atomic E-state index is 12.9. The van der Waals surface area contributed by atoms with Crippen LogP contribution in [0, 0.1) is 23.1 Å². The summed E-state index contributed by atoms with van der Waals surface area (Å²) in [4.78, 5) is 38.4. The molecule has 162 valence electrons. The maximum absolute atomic E-state index is 12.9. The fourth-order valence-electron chi connectivity index (χ4n) is 5.88. The molecule has 7 nitrogen and oxygen atoms in total. The van der Waals surface area contributed by atoms with Crippen molar-refractivity contribution in [3.8, 4) is 0 Å². The zero-order valence-electron chi connectivity index (χ0n) is 17.0. The van der Waals surface area contributed by atoms with Crippen molar-refractivity contribution < 1.29 is 28.6 Å². The number of likely N-dealkylation sites (N-methyl/N-ethyl adjacent to an activating group) is 1. The van der Waals surface area contributed by atoms with Gasteiger partial charge in [0.15, 0.2) is 6.61 Å². The first-order valence-corrected chi connectivity index (χ1v) is 10.4. The number of rotatable bonds is 6. The molecule has 2 atom stereocenters. The quantitative estimate of drug-likeness (QED) is 0.690. The summed E-state index contributed by atoms with van der Waals surface area (Å²) in [5.74, 6) is -1.05. The van der Waals surface area contributed by atoms with Gasteiger partial charge in [0.25, 0.3) is 5.91 Å². The molecule has 4 aliphatic carbocycles. The van der Waals surface area contributed by atoms with E-state index in [2.05, 4.69) is 5.32 Å². The van der Waals surface area contributed by atoms with Gasteiger partial charge < -0.3 is 20.1 Å². The third-order valence-corrected chi connectivity index (χ3v) is 6.72. The van der Waals surface area contributed by atoms with Crippen LogP contribution in [-0.2, 0) is 19.1 Å². The molecule has 0 saturated heterocycles. The standard InChI is InChI=1S/C22H27FN2O5/c1-25(11-18(26)24-17-4-2-16(23)3-5-17)19(27)12-30-20(28)21-7-14-6-15(8-21)10-22(29,9-14)13-21/h2-5,14-15,29H,6-13H2,1H3,(H,24,26). The molecule has 4 aliphatic rings. The molecule has 0 heterocycles. The maximum Gasteiger partial charge on any atom is 0.312 e. The van der Waals surface area contributed by atoms with Gasteiger partial charge in [-0.1, -0.05) is 0 Å². The molecular formula is C22H27FN2O5. The summed E-state index contributed by atoms with van der Waals surface area (Å²) in [6.07, 6.45) is 4.41. The molecule has 2 unspecified atom stereocenters. The van der Waals surface area contributed by atoms with Crippen LogP contribution in [0.2, 0.25) is 0 Å². The lowest BCUT2D eigenvalue weighted by atomic mass is 9.48. The van der Waals surface area contributed by atoms with Crippen molar-refractivity contribution in [1.82, 2.24) is 4.90 Å². The molecule has 4 saturated carbocycles. The average Bonchev–Trinajstić information content (AvgIpc) is 2.65. The Hall–Kier alpha value is -2.48. The molecule has 0 aromatic heterocycles. The molecule has 1 aromatic carbocycles. The summed E-state index contributed by atoms with van der Waals surface area (Å²) in [6, 6.07) is 5.31. The minimum Gasteiger partial charge on any atom is -0.455 e. The lowest BCUT2D eigenvalue weighted by Crippen LogP contribution is -2.58. The van der Waals surface area contributed by atoms with Crippen molar-refractivity contribution in [2.45, 2.75) is 44.1 Å². The Balaban J connectivity index is 1.27. The van der Waals surface area contributed by atoms with E-state index in [-0.39, 0.29) is 6.54 Å². The highest BCUT2D eigenvalue weighted by Gasteiger charge is 2.60. The van der Waals surface area contributed by atoms with E-state index in [4.69, 9.17) is 4.74 Å². The van der Waals surface area contributed by atoms with Gasteiger partial charge in [-0.15, -0.1) is 0 Å². The van der Waals surface area contributed by atoms with Gasteiger partial charge >= 0.3 is 5.97 Å². The molecular weight excluding hydrogens is 391 g/mol. The second kappa shape index (κ2) is 7.65. The number of aliphatic hydroxyl groups is 1. The molecule has 4 fully saturated rings. The lowest BCUT2D eigenvalue weighted by Gasteiger charge is -2.58. The number of hydrogen-bond donors (Lipinski definition) is 2. The topological polar surface area (TPSA) is 95.9 Å². The summed E-state index contributed by atoms with van der Waals surface area (Å²) in [7, 11) is 1.45. The van der Waals surface area contributed by atoms with Crippen molar-refractivity contribution in [3.05, 3.63) is 30.1 Å². The minimum absolute atomic E-state index is 0.219. The highest BCUT2D eigenvalue weighted by molar-refractivity contribution is 5.94. The van der Waals surface area contributed by atoms with E-state index < -0.39 is 41.2 Å². The van der Waals surface area contributed by atoms with Gasteiger partial charge in [-0.2, -0.15) is 0 Å². The van der Waals surface area contributed by atoms with Crippen LogP contribution in [0.25, 0.3) is 0 Å². The van der Waals surface area contributed by atoms with Gasteiger partial charge in [0, 0.05) is 12.7 Å². The Morgan fingerprint density at radius 3 is 2.40 bits per heavy atom. The van der Waals surface area contributed by atoms with Crippen LogP contribution in [0.15, 0.2) is 24.3 Å². The van der Waals surface area contributed by atoms with E-state index in [1.54, 1.807) is 0 Å². The predicted molar refractivity (Wildman–Crippen MR) is 106 cm³/mol. The third kappa shape index (κ3) is 4.19. The molecule has 4 bridgehead atoms. The number of carbonyl (C=O) groups is 3. The molecule has 0 radical (unpaired) electrons. The second-order valence-corrected chi connectivity index (χ2v) is 9.35. The molecule has 8 heteroatoms. The van der Waals surface area contributed by atoms with Gasteiger partial charge in [0.2, 0.25) is 5.91 Å². The number of anilines is 1. The largest absolute Gasteiger partial charge is 0.455 e. The van der Waals surface area contributed by atoms with E-state index in [1.807, 2.05) is 0 Å². The molecule has 2 N–H and O–H groups in total. The van der Waals surface area contributed by atoms with E-state index in [0.717, 1.165) is 32.1 Å². The Morgan fingerprint density at radius 2 is 1.80 bits per heavy atom. The highest BCUT2D eigenvalue weighted by Crippen LogP contribution is 2.61. The summed E-state index contributed by atoms with van der Waals surface area (Å²) >= 11 is 0. The van der Waals surface area contributed by atoms with Crippen molar-refractivity contribution in [1.29, 1.82) is 0 Å². The van der Waals surface area contributed by atoms with Gasteiger partial charge in [-0.05, 0) is 74.6 Å². The third-order valence-electron chi connectivity index (χ3n) is 6.72. The van der Waals surface area contributed by atoms with Crippen LogP contribution in [0.3, 0.4) is 0 Å². The number of hydrogen-bond acceptors (Lipinski definition) is 5. The number of halogens is 1. The first-order valence-electron chi connectivity index (χ1n) is 10.4. The fourth-order valence-corrected chi connectivity index (χ4v) is 5.88. The van der Waals surface area contributed by atoms with Crippen LogP contribution < -0.4 is 5.32 Å². The number of esters is 1. The molecule has 0 aliphatic heterocycles. The Kier molecular flexibility index (Phi) is 5.30. The van der Waals surface area contributed by atoms with E-state index in [1.165, 1.54) is 36.2 Å². The van der Waals surface area contributed by atoms with Gasteiger partial charge in [-0.3, -0.25) is 14.4 Å². The number of benzene rings is 1. The van der Waals surface area contributed by atoms with Crippen molar-refractivity contribution in [2.75, 3.05) is 25.5 Å². The summed E-state index contributed by atoms with van der Waals surface area (Å²) in [6.45, 7) is -0.655. The Morgan fingerprint density at radius 1 is 1.17 bits per heavy atom. The van der Waals surface area contributed by atoms with Crippen molar-refractivity contribution in [2.24, 2.45) is 17.3 Å². The average molecular weight is 418 g/mol. The van der Waals surface area contributed by atoms with Crippen LogP contribution in [0.5, 0.6) is 0 Å². The molecule has 5 rings (SSSR count). The molecule has 0 spiro atoms. The number of carbonyl (C=O) groups excluding carboxylic acids is 3. The Labute approximate surface area is 174 Å². The monoisotopic (exact) mass is 418 g/mol. The van der Waals surface area contributed by atoms with E-state index in [0.29, 0.717) is 23.9 Å². The Bertz CT molecular complexity index is 842. The van der Waals surface area contributed by atoms with Gasteiger partial charge in [0.1, 0.15) is 5.82 Å². The van der Waals surface area contributed by atoms with Crippen LogP contribution in [-0.4, -0.2) is 53.6 Å². The molecule has 1 aromatic rings. The zero-order valence-corrected chi connectivity index (χ0v) is 17.0. The highest BCUT2D eigenvalue weighted by atomic mass is 19.1. The number of nitrogens with zero attached hydrogens (tertiary/aromatic N) is 1. The number of amides is 2. The van der Waals surface area contributed by atoms with Crippen LogP contribution in [0.4, 0.5) is 10.1 Å². The van der Waals surface area contributed by atoms with Crippen LogP contribution in [0.1, 0.15) is 38.5 Å². The van der Waals surface area contributed by atoms with Crippen molar-refractivity contribution in [3.63, 3.8) is 0 Å². The SMILES string of the molecule is CN(CC(=O)Nc1ccc(F)cc1)C(=O)COC(=O)C12CC3CC(CC(O)(C3)C1)C2. The summed E-state index contributed by atoms with van der Waals surface area (Å²) < 4.78 is 18.3. The predicted octanol–water partition coefficient (Wildman–Crippen LogP) is 2.10. The van der Waals surface area contributed by atoms with E-state index >= 15 is 0 Å². The number of nitrogens with one attached hydrogen (secondary N) is 1. The minimum atomic E-state index is -0.775. The first-order chi connectivity index (χ1) is 14.2. The molecule has 2 amide bonds. The zero-order chi connectivity index (χ0) is 21.5. The van der Waals surface area contributed by atoms with Crippen LogP contribution >= 0.6 is 0 Å². The normalized spacial score (nSPS) is 31.3. The van der Waals surface area contributed by atoms with Gasteiger partial charge in [0.05, 0.1) is 17.6 Å². The number of ether oxygens (including phenoxy) is 1. The smallest absolute Gasteiger partial charge is 0.312 e. The second-order valence-electron chi connectivity index (χ2n) is 9.35. The first kappa shape index (κ1) is 20.8. The summed E-state index contributed by atoms with van der Waals surface area (Å²) in [5.41, 5.74) is -1.03. The fraction of sp³-hybridized carbons (Fsp3) is 0.591. The summed E-state index contributed by atoms with van der Waals surface area (Å²) in [5, 5.41) is 13.3. The van der Waals surface area contributed by atoms with Crippen molar-refractivity contribution >= 4 is 23.5 Å². The van der Waals surface area contributed by atoms with Gasteiger partial charge in [-0.25, -0.2) is 4.39 Å².